The van der Waals surface area contributed by atoms with Gasteiger partial charge in [-0.05, 0) is 12.3 Å². The maximum Gasteiger partial charge on any atom is 0.569 e. The first-order valence-electron chi connectivity index (χ1n) is 4.00. The second-order valence-electron chi connectivity index (χ2n) is 2.96. The van der Waals surface area contributed by atoms with Crippen molar-refractivity contribution < 1.29 is 13.3 Å². The summed E-state index contributed by atoms with van der Waals surface area (Å²) in [6, 6.07) is 0. The fourth-order valence-corrected chi connectivity index (χ4v) is 1.68. The first-order chi connectivity index (χ1) is 5.54. The molecular formula is C7H18O3SSi. The molecule has 0 rings (SSSR count). The molecule has 5 heteroatoms. The predicted molar refractivity (Wildman–Crippen MR) is 54.2 cm³/mol. The molecule has 0 heterocycles. The summed E-state index contributed by atoms with van der Waals surface area (Å²) in [5.74, 6) is 0.630. The average molecular weight is 210 g/mol. The minimum atomic E-state index is -2.57. The normalized spacial score (nSPS) is 12.5. The van der Waals surface area contributed by atoms with Crippen molar-refractivity contribution >= 4 is 20.0 Å². The van der Waals surface area contributed by atoms with Crippen molar-refractivity contribution in [1.82, 2.24) is 0 Å². The van der Waals surface area contributed by atoms with E-state index in [4.69, 9.17) is 13.3 Å². The van der Waals surface area contributed by atoms with Gasteiger partial charge < -0.3 is 13.3 Å². The van der Waals surface area contributed by atoms with Crippen LogP contribution in [0, 0.1) is 5.92 Å². The van der Waals surface area contributed by atoms with E-state index in [9.17, 15) is 0 Å². The van der Waals surface area contributed by atoms with Gasteiger partial charge in [0.05, 0.1) is 0 Å². The van der Waals surface area contributed by atoms with Crippen molar-refractivity contribution in [1.29, 1.82) is 0 Å². The second kappa shape index (κ2) is 5.99. The highest BCUT2D eigenvalue weighted by atomic mass is 32.3. The van der Waals surface area contributed by atoms with Gasteiger partial charge in [-0.1, -0.05) is 13.8 Å². The number of thiol groups is 1. The van der Waals surface area contributed by atoms with E-state index < -0.39 is 7.95 Å². The molecule has 3 nitrogen and oxygen atoms in total. The molecule has 0 aromatic rings. The first-order valence-corrected chi connectivity index (χ1v) is 7.02. The Hall–Kier alpha value is 0.447. The summed E-state index contributed by atoms with van der Waals surface area (Å²) >= 11 is 4.19. The van der Waals surface area contributed by atoms with Gasteiger partial charge in [0.2, 0.25) is 0 Å². The lowest BCUT2D eigenvalue weighted by Gasteiger charge is -2.20. The SMILES string of the molecule is CO[Si](S)(OC)OCCC(C)C. The van der Waals surface area contributed by atoms with Crippen LogP contribution in [0.25, 0.3) is 0 Å². The van der Waals surface area contributed by atoms with Crippen LogP contribution in [-0.2, 0) is 13.3 Å². The van der Waals surface area contributed by atoms with Crippen molar-refractivity contribution in [3.05, 3.63) is 0 Å². The Morgan fingerprint density at radius 2 is 1.75 bits per heavy atom. The van der Waals surface area contributed by atoms with Gasteiger partial charge in [0, 0.05) is 20.8 Å². The highest BCUT2D eigenvalue weighted by Crippen LogP contribution is 2.13. The summed E-state index contributed by atoms with van der Waals surface area (Å²) in [7, 11) is 0.538. The fraction of sp³-hybridized carbons (Fsp3) is 1.00. The lowest BCUT2D eigenvalue weighted by Crippen LogP contribution is -2.38. The third-order valence-corrected chi connectivity index (χ3v) is 4.58. The van der Waals surface area contributed by atoms with Crippen LogP contribution in [-0.4, -0.2) is 28.8 Å². The predicted octanol–water partition coefficient (Wildman–Crippen LogP) is 1.71. The minimum Gasteiger partial charge on any atom is -0.369 e. The molecule has 0 amide bonds. The van der Waals surface area contributed by atoms with Crippen LogP contribution >= 0.6 is 12.1 Å². The van der Waals surface area contributed by atoms with Gasteiger partial charge in [-0.25, -0.2) is 0 Å². The van der Waals surface area contributed by atoms with Gasteiger partial charge in [-0.2, -0.15) is 0 Å². The fourth-order valence-electron chi connectivity index (χ4n) is 0.625. The quantitative estimate of drug-likeness (QED) is 0.534. The van der Waals surface area contributed by atoms with E-state index in [1.54, 1.807) is 14.2 Å². The Labute approximate surface area is 80.8 Å². The van der Waals surface area contributed by atoms with E-state index in [-0.39, 0.29) is 0 Å². The van der Waals surface area contributed by atoms with E-state index in [1.165, 1.54) is 0 Å². The molecule has 0 aliphatic rings. The van der Waals surface area contributed by atoms with Crippen LogP contribution in [0.4, 0.5) is 0 Å². The standard InChI is InChI=1S/C7H18O3SSi/c1-7(2)5-6-10-12(11,8-3)9-4/h7,11H,5-6H2,1-4H3. The molecule has 0 aliphatic carbocycles. The van der Waals surface area contributed by atoms with Gasteiger partial charge in [-0.3, -0.25) is 0 Å². The molecule has 12 heavy (non-hydrogen) atoms. The highest BCUT2D eigenvalue weighted by molar-refractivity contribution is 8.11. The summed E-state index contributed by atoms with van der Waals surface area (Å²) < 4.78 is 15.5. The molecule has 0 radical (unpaired) electrons. The van der Waals surface area contributed by atoms with E-state index in [1.807, 2.05) is 0 Å². The molecule has 74 valence electrons. The lowest BCUT2D eigenvalue weighted by molar-refractivity contribution is 0.120. The van der Waals surface area contributed by atoms with Crippen molar-refractivity contribution in [2.75, 3.05) is 20.8 Å². The molecule has 0 unspecified atom stereocenters. The average Bonchev–Trinajstić information content (AvgIpc) is 2.03. The molecular weight excluding hydrogens is 192 g/mol. The Balaban J connectivity index is 3.58. The molecule has 0 aliphatic heterocycles. The molecule has 0 saturated carbocycles. The van der Waals surface area contributed by atoms with Gasteiger partial charge in [0.15, 0.2) is 0 Å². The monoisotopic (exact) mass is 210 g/mol. The molecule has 0 aromatic heterocycles. The minimum absolute atomic E-state index is 0.630. The van der Waals surface area contributed by atoms with Crippen LogP contribution in [0.3, 0.4) is 0 Å². The van der Waals surface area contributed by atoms with Gasteiger partial charge >= 0.3 is 7.95 Å². The maximum atomic E-state index is 5.40. The highest BCUT2D eigenvalue weighted by Gasteiger charge is 2.34. The molecule has 0 atom stereocenters. The zero-order valence-corrected chi connectivity index (χ0v) is 10.1. The summed E-state index contributed by atoms with van der Waals surface area (Å²) in [4.78, 5) is 0. The topological polar surface area (TPSA) is 27.7 Å². The summed E-state index contributed by atoms with van der Waals surface area (Å²) in [5, 5.41) is 0. The van der Waals surface area contributed by atoms with E-state index in [0.29, 0.717) is 12.5 Å². The van der Waals surface area contributed by atoms with Crippen molar-refractivity contribution in [2.24, 2.45) is 5.92 Å². The van der Waals surface area contributed by atoms with E-state index in [0.717, 1.165) is 6.42 Å². The molecule has 0 fully saturated rings. The number of hydrogen-bond acceptors (Lipinski definition) is 4. The Bertz CT molecular complexity index is 117. The smallest absolute Gasteiger partial charge is 0.369 e. The molecule has 0 N–H and O–H groups in total. The summed E-state index contributed by atoms with van der Waals surface area (Å²) in [6.45, 7) is 4.94. The van der Waals surface area contributed by atoms with Gasteiger partial charge in [-0.15, -0.1) is 12.1 Å². The third kappa shape index (κ3) is 5.16. The number of rotatable bonds is 6. The Morgan fingerprint density at radius 1 is 1.25 bits per heavy atom. The number of hydrogen-bond donors (Lipinski definition) is 1. The summed E-state index contributed by atoms with van der Waals surface area (Å²) in [6.07, 6.45) is 1.00. The first kappa shape index (κ1) is 12.4. The van der Waals surface area contributed by atoms with Gasteiger partial charge in [0.25, 0.3) is 0 Å². The van der Waals surface area contributed by atoms with Crippen LogP contribution < -0.4 is 0 Å². The molecule has 0 aromatic carbocycles. The van der Waals surface area contributed by atoms with Crippen molar-refractivity contribution in [3.8, 4) is 0 Å². The van der Waals surface area contributed by atoms with Crippen molar-refractivity contribution in [2.45, 2.75) is 20.3 Å². The maximum absolute atomic E-state index is 5.40. The third-order valence-electron chi connectivity index (χ3n) is 1.50. The largest absolute Gasteiger partial charge is 0.569 e. The molecule has 0 bridgehead atoms. The van der Waals surface area contributed by atoms with Crippen LogP contribution in [0.15, 0.2) is 0 Å². The van der Waals surface area contributed by atoms with Crippen LogP contribution in [0.1, 0.15) is 20.3 Å². The van der Waals surface area contributed by atoms with E-state index in [2.05, 4.69) is 25.9 Å². The Morgan fingerprint density at radius 3 is 2.08 bits per heavy atom. The molecule has 0 spiro atoms. The lowest BCUT2D eigenvalue weighted by atomic mass is 10.2. The Kier molecular flexibility index (Phi) is 6.21. The van der Waals surface area contributed by atoms with Crippen LogP contribution in [0.5, 0.6) is 0 Å². The molecule has 0 saturated heterocycles. The van der Waals surface area contributed by atoms with E-state index >= 15 is 0 Å². The van der Waals surface area contributed by atoms with Crippen molar-refractivity contribution in [3.63, 3.8) is 0 Å². The zero-order chi connectivity index (χ0) is 9.61. The van der Waals surface area contributed by atoms with Crippen LogP contribution in [0.2, 0.25) is 0 Å². The zero-order valence-electron chi connectivity index (χ0n) is 8.16. The van der Waals surface area contributed by atoms with Gasteiger partial charge in [0.1, 0.15) is 0 Å². The second-order valence-corrected chi connectivity index (χ2v) is 6.76. The summed E-state index contributed by atoms with van der Waals surface area (Å²) in [5.41, 5.74) is 0.